The van der Waals surface area contributed by atoms with Gasteiger partial charge < -0.3 is 5.32 Å². The van der Waals surface area contributed by atoms with Crippen LogP contribution in [0.3, 0.4) is 0 Å². The largest absolute Gasteiger partial charge is 0.361 e. The van der Waals surface area contributed by atoms with E-state index in [9.17, 15) is 0 Å². The van der Waals surface area contributed by atoms with Gasteiger partial charge in [-0.3, -0.25) is 4.99 Å². The Morgan fingerprint density at radius 2 is 1.56 bits per heavy atom. The zero-order valence-corrected chi connectivity index (χ0v) is 11.3. The van der Waals surface area contributed by atoms with E-state index in [4.69, 9.17) is 0 Å². The highest BCUT2D eigenvalue weighted by molar-refractivity contribution is 9.12. The van der Waals surface area contributed by atoms with Crippen LogP contribution in [0, 0.1) is 0 Å². The molecule has 0 saturated heterocycles. The van der Waals surface area contributed by atoms with E-state index >= 15 is 0 Å². The molecule has 0 unspecified atom stereocenters. The normalized spacial score (nSPS) is 11.7. The predicted molar refractivity (Wildman–Crippen MR) is 81.7 cm³/mol. The number of anilines is 1. The molecule has 2 aromatic carbocycles. The molecule has 0 atom stereocenters. The number of rotatable bonds is 4. The van der Waals surface area contributed by atoms with Crippen molar-refractivity contribution in [2.75, 3.05) is 5.32 Å². The Hall–Kier alpha value is -1.87. The van der Waals surface area contributed by atoms with Crippen LogP contribution in [0.2, 0.25) is 0 Å². The number of hydrogen-bond donors (Lipinski definition) is 1. The second kappa shape index (κ2) is 6.77. The summed E-state index contributed by atoms with van der Waals surface area (Å²) >= 11 is 3.44. The third-order valence-electron chi connectivity index (χ3n) is 2.24. The second-order valence-electron chi connectivity index (χ2n) is 3.63. The fourth-order valence-corrected chi connectivity index (χ4v) is 1.59. The summed E-state index contributed by atoms with van der Waals surface area (Å²) in [6, 6.07) is 19.8. The van der Waals surface area contributed by atoms with Gasteiger partial charge in [-0.2, -0.15) is 0 Å². The number of nitrogens with zero attached hydrogens (tertiary/aromatic N) is 1. The van der Waals surface area contributed by atoms with Crippen molar-refractivity contribution in [2.45, 2.75) is 0 Å². The van der Waals surface area contributed by atoms with Gasteiger partial charge in [0.05, 0.1) is 10.2 Å². The van der Waals surface area contributed by atoms with E-state index in [-0.39, 0.29) is 0 Å². The average Bonchev–Trinajstić information content (AvgIpc) is 2.45. The minimum absolute atomic E-state index is 0.884. The van der Waals surface area contributed by atoms with Crippen molar-refractivity contribution in [3.8, 4) is 0 Å². The molecule has 0 aliphatic rings. The number of hydrogen-bond acceptors (Lipinski definition) is 2. The van der Waals surface area contributed by atoms with E-state index in [2.05, 4.69) is 26.2 Å². The smallest absolute Gasteiger partial charge is 0.0630 e. The van der Waals surface area contributed by atoms with Gasteiger partial charge in [-0.05, 0) is 40.2 Å². The molecule has 2 nitrogen and oxygen atoms in total. The van der Waals surface area contributed by atoms with Gasteiger partial charge in [-0.25, -0.2) is 0 Å². The summed E-state index contributed by atoms with van der Waals surface area (Å²) in [5, 5.41) is 3.18. The zero-order chi connectivity index (χ0) is 12.6. The van der Waals surface area contributed by atoms with Gasteiger partial charge in [-0.15, -0.1) is 0 Å². The minimum Gasteiger partial charge on any atom is -0.361 e. The van der Waals surface area contributed by atoms with Crippen LogP contribution >= 0.6 is 15.9 Å². The fraction of sp³-hybridized carbons (Fsp3) is 0. The molecule has 0 aromatic heterocycles. The molecule has 18 heavy (non-hydrogen) atoms. The zero-order valence-electron chi connectivity index (χ0n) is 9.75. The average molecular weight is 301 g/mol. The first-order chi connectivity index (χ1) is 8.84. The summed E-state index contributed by atoms with van der Waals surface area (Å²) in [4.78, 5) is 4.34. The van der Waals surface area contributed by atoms with E-state index in [0.29, 0.717) is 0 Å². The first kappa shape index (κ1) is 12.6. The van der Waals surface area contributed by atoms with Crippen molar-refractivity contribution in [3.05, 3.63) is 71.3 Å². The minimum atomic E-state index is 0.884. The van der Waals surface area contributed by atoms with Gasteiger partial charge in [0, 0.05) is 18.1 Å². The third-order valence-corrected chi connectivity index (χ3v) is 2.68. The predicted octanol–water partition coefficient (Wildman–Crippen LogP) is 4.74. The van der Waals surface area contributed by atoms with E-state index in [1.165, 1.54) is 0 Å². The number of halogens is 1. The first-order valence-electron chi connectivity index (χ1n) is 5.61. The molecule has 90 valence electrons. The van der Waals surface area contributed by atoms with Crippen LogP contribution in [0.25, 0.3) is 0 Å². The maximum absolute atomic E-state index is 4.34. The Balaban J connectivity index is 1.96. The Morgan fingerprint density at radius 3 is 2.22 bits per heavy atom. The Bertz CT molecular complexity index is 533. The lowest BCUT2D eigenvalue weighted by Gasteiger charge is -1.99. The van der Waals surface area contributed by atoms with Crippen LogP contribution < -0.4 is 5.32 Å². The number of nitrogens with one attached hydrogen (secondary N) is 1. The van der Waals surface area contributed by atoms with E-state index < -0.39 is 0 Å². The quantitative estimate of drug-likeness (QED) is 0.811. The van der Waals surface area contributed by atoms with Crippen molar-refractivity contribution >= 4 is 33.5 Å². The van der Waals surface area contributed by atoms with Gasteiger partial charge in [0.1, 0.15) is 0 Å². The van der Waals surface area contributed by atoms with Crippen LogP contribution in [0.1, 0.15) is 0 Å². The lowest BCUT2D eigenvalue weighted by molar-refractivity contribution is 1.53. The lowest BCUT2D eigenvalue weighted by Crippen LogP contribution is -1.88. The van der Waals surface area contributed by atoms with E-state index in [1.54, 1.807) is 6.21 Å². The Labute approximate surface area is 115 Å². The Kier molecular flexibility index (Phi) is 4.73. The second-order valence-corrected chi connectivity index (χ2v) is 4.55. The van der Waals surface area contributed by atoms with E-state index in [1.807, 2.05) is 66.9 Å². The molecule has 0 fully saturated rings. The molecule has 0 spiro atoms. The summed E-state index contributed by atoms with van der Waals surface area (Å²) in [7, 11) is 0. The van der Waals surface area contributed by atoms with Gasteiger partial charge in [0.25, 0.3) is 0 Å². The number of para-hydroxylation sites is 2. The molecule has 0 bridgehead atoms. The molecule has 0 heterocycles. The molecule has 0 saturated carbocycles. The van der Waals surface area contributed by atoms with Gasteiger partial charge >= 0.3 is 0 Å². The molecule has 3 heteroatoms. The third kappa shape index (κ3) is 4.18. The summed E-state index contributed by atoms with van der Waals surface area (Å²) in [5.74, 6) is 0. The highest BCUT2D eigenvalue weighted by Gasteiger charge is 1.89. The number of benzene rings is 2. The lowest BCUT2D eigenvalue weighted by atomic mass is 10.3. The monoisotopic (exact) mass is 300 g/mol. The highest BCUT2D eigenvalue weighted by Crippen LogP contribution is 2.12. The van der Waals surface area contributed by atoms with Crippen LogP contribution in [0.4, 0.5) is 11.4 Å². The van der Waals surface area contributed by atoms with Crippen LogP contribution in [0.5, 0.6) is 0 Å². The molecule has 2 rings (SSSR count). The maximum Gasteiger partial charge on any atom is 0.0630 e. The standard InChI is InChI=1S/C15H13BrN2/c16-13(11-17-14-7-3-1-4-8-14)12-18-15-9-5-2-6-10-15/h1-12,17H/b13-11-,18-12?. The van der Waals surface area contributed by atoms with E-state index in [0.717, 1.165) is 15.9 Å². The topological polar surface area (TPSA) is 24.4 Å². The van der Waals surface area contributed by atoms with Crippen molar-refractivity contribution in [2.24, 2.45) is 4.99 Å². The van der Waals surface area contributed by atoms with Gasteiger partial charge in [0.15, 0.2) is 0 Å². The summed E-state index contributed by atoms with van der Waals surface area (Å²) in [5.41, 5.74) is 1.98. The van der Waals surface area contributed by atoms with Crippen molar-refractivity contribution in [1.29, 1.82) is 0 Å². The number of aliphatic imine (C=N–C) groups is 1. The molecule has 0 amide bonds. The van der Waals surface area contributed by atoms with Crippen molar-refractivity contribution in [1.82, 2.24) is 0 Å². The highest BCUT2D eigenvalue weighted by atomic mass is 79.9. The van der Waals surface area contributed by atoms with Crippen LogP contribution in [-0.4, -0.2) is 6.21 Å². The molecule has 1 N–H and O–H groups in total. The Morgan fingerprint density at radius 1 is 0.944 bits per heavy atom. The van der Waals surface area contributed by atoms with Crippen molar-refractivity contribution in [3.63, 3.8) is 0 Å². The molecule has 0 aliphatic heterocycles. The molecule has 0 radical (unpaired) electrons. The van der Waals surface area contributed by atoms with Crippen LogP contribution in [0.15, 0.2) is 76.3 Å². The SMILES string of the molecule is Br/C(C=Nc1ccccc1)=C\Nc1ccccc1. The fourth-order valence-electron chi connectivity index (χ4n) is 1.37. The first-order valence-corrected chi connectivity index (χ1v) is 6.40. The summed E-state index contributed by atoms with van der Waals surface area (Å²) in [6.07, 6.45) is 3.63. The van der Waals surface area contributed by atoms with Crippen LogP contribution in [-0.2, 0) is 0 Å². The summed E-state index contributed by atoms with van der Waals surface area (Å²) < 4.78 is 0.884. The maximum atomic E-state index is 4.34. The van der Waals surface area contributed by atoms with Crippen molar-refractivity contribution < 1.29 is 0 Å². The number of allylic oxidation sites excluding steroid dienone is 1. The summed E-state index contributed by atoms with van der Waals surface area (Å²) in [6.45, 7) is 0. The molecular weight excluding hydrogens is 288 g/mol. The molecule has 2 aromatic rings. The molecule has 0 aliphatic carbocycles. The van der Waals surface area contributed by atoms with Gasteiger partial charge in [0.2, 0.25) is 0 Å². The van der Waals surface area contributed by atoms with Gasteiger partial charge in [-0.1, -0.05) is 36.4 Å². The molecular formula is C15H13BrN2.